The molecular formula is C26H31N3O5. The molecule has 1 aliphatic carbocycles. The number of rotatable bonds is 5. The summed E-state index contributed by atoms with van der Waals surface area (Å²) in [6, 6.07) is 10.9. The Bertz CT molecular complexity index is 1110. The Hall–Kier alpha value is -3.55. The fourth-order valence-corrected chi connectivity index (χ4v) is 4.46. The zero-order valence-electron chi connectivity index (χ0n) is 19.5. The second-order valence-electron chi connectivity index (χ2n) is 8.52. The van der Waals surface area contributed by atoms with E-state index in [-0.39, 0.29) is 0 Å². The maximum atomic E-state index is 10.4. The summed E-state index contributed by atoms with van der Waals surface area (Å²) >= 11 is 0. The van der Waals surface area contributed by atoms with E-state index < -0.39 is 6.09 Å². The number of hydrogen-bond donors (Lipinski definition) is 2. The Morgan fingerprint density at radius 1 is 1.09 bits per heavy atom. The number of pyridine rings is 2. The highest BCUT2D eigenvalue weighted by Gasteiger charge is 2.15. The molecule has 1 aromatic carbocycles. The number of nitrogens with one attached hydrogen (secondary N) is 1. The Labute approximate surface area is 199 Å². The number of amides is 1. The van der Waals surface area contributed by atoms with Crippen molar-refractivity contribution in [3.8, 4) is 17.4 Å². The van der Waals surface area contributed by atoms with Crippen molar-refractivity contribution in [1.29, 1.82) is 0 Å². The molecule has 2 aliphatic rings. The number of carbonyl (C=O) groups is 1. The van der Waals surface area contributed by atoms with E-state index in [0.717, 1.165) is 23.4 Å². The van der Waals surface area contributed by atoms with E-state index >= 15 is 0 Å². The minimum Gasteiger partial charge on any atom is -0.486 e. The lowest BCUT2D eigenvalue weighted by Crippen LogP contribution is -2.15. The largest absolute Gasteiger partial charge is 0.486 e. The van der Waals surface area contributed by atoms with Crippen molar-refractivity contribution >= 4 is 22.8 Å². The number of aryl methyl sites for hydroxylation is 1. The molecule has 1 aliphatic heterocycles. The quantitative estimate of drug-likeness (QED) is 0.498. The zero-order valence-corrected chi connectivity index (χ0v) is 19.5. The lowest BCUT2D eigenvalue weighted by molar-refractivity contribution is 0.171. The third-order valence-corrected chi connectivity index (χ3v) is 6.19. The van der Waals surface area contributed by atoms with Gasteiger partial charge in [0.1, 0.15) is 13.2 Å². The molecule has 3 aromatic rings. The molecule has 0 spiro atoms. The van der Waals surface area contributed by atoms with Gasteiger partial charge < -0.3 is 19.3 Å². The normalized spacial score (nSPS) is 15.2. The number of fused-ring (bicyclic) bond motifs is 2. The molecule has 0 radical (unpaired) electrons. The van der Waals surface area contributed by atoms with Crippen LogP contribution in [0.2, 0.25) is 0 Å². The summed E-state index contributed by atoms with van der Waals surface area (Å²) in [6.45, 7) is 1.02. The van der Waals surface area contributed by atoms with E-state index in [1.165, 1.54) is 44.1 Å². The Morgan fingerprint density at radius 3 is 2.65 bits per heavy atom. The van der Waals surface area contributed by atoms with Crippen LogP contribution in [0.15, 0.2) is 42.6 Å². The second kappa shape index (κ2) is 11.5. The molecule has 0 atom stereocenters. The highest BCUT2D eigenvalue weighted by atomic mass is 16.6. The molecule has 3 heterocycles. The number of hydrogen-bond acceptors (Lipinski definition) is 6. The summed E-state index contributed by atoms with van der Waals surface area (Å²) < 4.78 is 15.8. The molecule has 1 amide bonds. The van der Waals surface area contributed by atoms with Crippen LogP contribution < -0.4 is 19.5 Å². The van der Waals surface area contributed by atoms with E-state index in [1.54, 1.807) is 25.3 Å². The monoisotopic (exact) mass is 465 g/mol. The summed E-state index contributed by atoms with van der Waals surface area (Å²) in [5, 5.41) is 10.7. The van der Waals surface area contributed by atoms with Crippen molar-refractivity contribution in [2.45, 2.75) is 44.9 Å². The molecule has 0 saturated heterocycles. The van der Waals surface area contributed by atoms with Gasteiger partial charge in [0.25, 0.3) is 0 Å². The van der Waals surface area contributed by atoms with Crippen LogP contribution in [0.3, 0.4) is 0 Å². The van der Waals surface area contributed by atoms with Crippen molar-refractivity contribution in [3.63, 3.8) is 0 Å². The zero-order chi connectivity index (χ0) is 23.8. The van der Waals surface area contributed by atoms with E-state index in [0.29, 0.717) is 36.3 Å². The first-order chi connectivity index (χ1) is 16.6. The van der Waals surface area contributed by atoms with Gasteiger partial charge in [0.2, 0.25) is 5.88 Å². The average Bonchev–Trinajstić information content (AvgIpc) is 2.87. The van der Waals surface area contributed by atoms with Gasteiger partial charge in [-0.1, -0.05) is 32.1 Å². The second-order valence-corrected chi connectivity index (χ2v) is 8.52. The lowest BCUT2D eigenvalue weighted by Gasteiger charge is -2.21. The fraction of sp³-hybridized carbons (Fsp3) is 0.423. The Morgan fingerprint density at radius 2 is 1.88 bits per heavy atom. The number of benzene rings is 1. The van der Waals surface area contributed by atoms with Gasteiger partial charge in [-0.05, 0) is 48.6 Å². The molecule has 180 valence electrons. The molecule has 8 nitrogen and oxygen atoms in total. The lowest BCUT2D eigenvalue weighted by atomic mass is 9.85. The highest BCUT2D eigenvalue weighted by molar-refractivity contribution is 5.83. The maximum Gasteiger partial charge on any atom is 0.409 e. The van der Waals surface area contributed by atoms with Crippen molar-refractivity contribution < 1.29 is 24.1 Å². The summed E-state index contributed by atoms with van der Waals surface area (Å²) in [5.41, 5.74) is 3.75. The average molecular weight is 466 g/mol. The number of anilines is 1. The van der Waals surface area contributed by atoms with Crippen molar-refractivity contribution in [2.24, 2.45) is 5.92 Å². The van der Waals surface area contributed by atoms with Crippen LogP contribution in [0.4, 0.5) is 10.5 Å². The molecule has 1 saturated carbocycles. The molecular weight excluding hydrogens is 434 g/mol. The number of nitrogens with zero attached hydrogens (tertiary/aromatic N) is 2. The number of carboxylic acid groups (broad SMARTS) is 1. The van der Waals surface area contributed by atoms with Crippen LogP contribution in [-0.2, 0) is 6.42 Å². The minimum atomic E-state index is -1.10. The van der Waals surface area contributed by atoms with Gasteiger partial charge in [-0.15, -0.1) is 0 Å². The SMILES string of the molecule is COc1ccc2nccc(CCC3CCCCC3)c2n1.O=C(O)Nc1ccc2c(c1)OCCO2. The van der Waals surface area contributed by atoms with Crippen molar-refractivity contribution in [3.05, 3.63) is 48.2 Å². The van der Waals surface area contributed by atoms with Crippen LogP contribution in [0, 0.1) is 5.92 Å². The van der Waals surface area contributed by atoms with Crippen LogP contribution in [-0.4, -0.2) is 41.5 Å². The summed E-state index contributed by atoms with van der Waals surface area (Å²) in [7, 11) is 1.66. The third-order valence-electron chi connectivity index (χ3n) is 6.19. The molecule has 2 N–H and O–H groups in total. The maximum absolute atomic E-state index is 10.4. The first-order valence-corrected chi connectivity index (χ1v) is 11.8. The summed E-state index contributed by atoms with van der Waals surface area (Å²) in [6.07, 6.45) is 10.2. The molecule has 5 rings (SSSR count). The Kier molecular flexibility index (Phi) is 8.01. The van der Waals surface area contributed by atoms with Crippen LogP contribution in [0.25, 0.3) is 11.0 Å². The first-order valence-electron chi connectivity index (χ1n) is 11.8. The van der Waals surface area contributed by atoms with Gasteiger partial charge in [0, 0.05) is 24.0 Å². The smallest absolute Gasteiger partial charge is 0.409 e. The highest BCUT2D eigenvalue weighted by Crippen LogP contribution is 2.32. The van der Waals surface area contributed by atoms with Crippen LogP contribution >= 0.6 is 0 Å². The van der Waals surface area contributed by atoms with E-state index in [1.807, 2.05) is 18.3 Å². The minimum absolute atomic E-state index is 0.474. The Balaban J connectivity index is 0.000000172. The van der Waals surface area contributed by atoms with Crippen LogP contribution in [0.5, 0.6) is 17.4 Å². The van der Waals surface area contributed by atoms with Gasteiger partial charge in [0.05, 0.1) is 18.1 Å². The van der Waals surface area contributed by atoms with Gasteiger partial charge >= 0.3 is 6.09 Å². The van der Waals surface area contributed by atoms with Gasteiger partial charge in [0.15, 0.2) is 11.5 Å². The number of methoxy groups -OCH3 is 1. The molecule has 34 heavy (non-hydrogen) atoms. The molecule has 0 unspecified atom stereocenters. The summed E-state index contributed by atoms with van der Waals surface area (Å²) in [5.74, 6) is 2.79. The van der Waals surface area contributed by atoms with E-state index in [9.17, 15) is 4.79 Å². The third kappa shape index (κ3) is 6.27. The first kappa shape index (κ1) is 23.6. The predicted molar refractivity (Wildman–Crippen MR) is 130 cm³/mol. The predicted octanol–water partition coefficient (Wildman–Crippen LogP) is 5.70. The van der Waals surface area contributed by atoms with Crippen LogP contribution in [0.1, 0.15) is 44.1 Å². The molecule has 0 bridgehead atoms. The van der Waals surface area contributed by atoms with Crippen molar-refractivity contribution in [1.82, 2.24) is 9.97 Å². The molecule has 8 heteroatoms. The standard InChI is InChI=1S/C17H22N2O.C9H9NO4/c1-20-16-10-9-15-17(19-16)14(11-12-18-15)8-7-13-5-3-2-4-6-13;11-9(12)10-6-1-2-7-8(5-6)14-4-3-13-7/h9-13H,2-8H2,1H3;1-2,5,10H,3-4H2,(H,11,12). The summed E-state index contributed by atoms with van der Waals surface area (Å²) in [4.78, 5) is 19.3. The van der Waals surface area contributed by atoms with E-state index in [4.69, 9.17) is 19.3 Å². The van der Waals surface area contributed by atoms with E-state index in [2.05, 4.69) is 21.4 Å². The van der Waals surface area contributed by atoms with Gasteiger partial charge in [-0.25, -0.2) is 9.78 Å². The number of ether oxygens (including phenoxy) is 3. The van der Waals surface area contributed by atoms with Crippen molar-refractivity contribution in [2.75, 3.05) is 25.6 Å². The molecule has 2 aromatic heterocycles. The molecule has 1 fully saturated rings. The van der Waals surface area contributed by atoms with Gasteiger partial charge in [-0.3, -0.25) is 10.3 Å². The van der Waals surface area contributed by atoms with Gasteiger partial charge in [-0.2, -0.15) is 0 Å². The fourth-order valence-electron chi connectivity index (χ4n) is 4.46. The topological polar surface area (TPSA) is 103 Å². The number of aromatic nitrogens is 2.